The maximum Gasteiger partial charge on any atom is 0.307 e. The van der Waals surface area contributed by atoms with Crippen LogP contribution in [-0.4, -0.2) is 11.1 Å². The summed E-state index contributed by atoms with van der Waals surface area (Å²) >= 11 is 0. The number of aliphatic carboxylic acids is 1. The van der Waals surface area contributed by atoms with E-state index in [1.54, 1.807) is 0 Å². The van der Waals surface area contributed by atoms with E-state index in [1.165, 1.54) is 5.56 Å². The lowest BCUT2D eigenvalue weighted by Crippen LogP contribution is -1.98. The molecule has 1 aromatic carbocycles. The fourth-order valence-electron chi connectivity index (χ4n) is 1.65. The molecule has 1 N–H and O–H groups in total. The van der Waals surface area contributed by atoms with E-state index in [0.717, 1.165) is 12.0 Å². The fourth-order valence-corrected chi connectivity index (χ4v) is 1.65. The van der Waals surface area contributed by atoms with Gasteiger partial charge in [0, 0.05) is 0 Å². The van der Waals surface area contributed by atoms with Crippen molar-refractivity contribution >= 4 is 5.97 Å². The van der Waals surface area contributed by atoms with Gasteiger partial charge in [0.05, 0.1) is 5.92 Å². The van der Waals surface area contributed by atoms with Gasteiger partial charge in [0.2, 0.25) is 0 Å². The van der Waals surface area contributed by atoms with E-state index in [-0.39, 0.29) is 11.8 Å². The smallest absolute Gasteiger partial charge is 0.307 e. The lowest BCUT2D eigenvalue weighted by Gasteiger charge is -1.98. The second-order valence-corrected chi connectivity index (χ2v) is 3.70. The molecule has 1 aromatic rings. The first kappa shape index (κ1) is 8.30. The number of carboxylic acids is 1. The van der Waals surface area contributed by atoms with Crippen molar-refractivity contribution < 1.29 is 9.90 Å². The van der Waals surface area contributed by atoms with E-state index >= 15 is 0 Å². The number of benzene rings is 1. The summed E-state index contributed by atoms with van der Waals surface area (Å²) in [5.41, 5.74) is 2.38. The second kappa shape index (κ2) is 2.87. The zero-order valence-electron chi connectivity index (χ0n) is 7.53. The highest BCUT2D eigenvalue weighted by Gasteiger charge is 2.43. The molecule has 13 heavy (non-hydrogen) atoms. The molecule has 0 saturated heterocycles. The highest BCUT2D eigenvalue weighted by atomic mass is 16.4. The lowest BCUT2D eigenvalue weighted by molar-refractivity contribution is -0.138. The maximum atomic E-state index is 10.6. The normalized spacial score (nSPS) is 25.6. The zero-order chi connectivity index (χ0) is 9.42. The Balaban J connectivity index is 2.12. The average Bonchev–Trinajstić information content (AvgIpc) is 2.85. The third kappa shape index (κ3) is 1.57. The molecule has 2 rings (SSSR count). The van der Waals surface area contributed by atoms with Crippen LogP contribution in [0.15, 0.2) is 24.3 Å². The van der Waals surface area contributed by atoms with Crippen molar-refractivity contribution in [2.45, 2.75) is 19.3 Å². The van der Waals surface area contributed by atoms with Crippen molar-refractivity contribution in [2.24, 2.45) is 5.92 Å². The largest absolute Gasteiger partial charge is 0.481 e. The van der Waals surface area contributed by atoms with Crippen LogP contribution in [0.25, 0.3) is 0 Å². The number of hydrogen-bond donors (Lipinski definition) is 1. The topological polar surface area (TPSA) is 37.3 Å². The predicted octanol–water partition coefficient (Wildman–Crippen LogP) is 2.18. The summed E-state index contributed by atoms with van der Waals surface area (Å²) in [6.07, 6.45) is 0.804. The predicted molar refractivity (Wildman–Crippen MR) is 49.7 cm³/mol. The van der Waals surface area contributed by atoms with Gasteiger partial charge in [-0.2, -0.15) is 0 Å². The van der Waals surface area contributed by atoms with Crippen molar-refractivity contribution in [2.75, 3.05) is 0 Å². The monoisotopic (exact) mass is 176 g/mol. The highest BCUT2D eigenvalue weighted by molar-refractivity contribution is 5.75. The summed E-state index contributed by atoms with van der Waals surface area (Å²) in [5, 5.41) is 8.74. The minimum Gasteiger partial charge on any atom is -0.481 e. The standard InChI is InChI=1S/C11H12O2/c1-7-2-4-8(5-3-7)9-6-10(9)11(12)13/h2-5,9-10H,6H2,1H3,(H,12,13)/t9-,10+/m0/s1. The summed E-state index contributed by atoms with van der Waals surface area (Å²) in [6.45, 7) is 2.03. The molecule has 68 valence electrons. The van der Waals surface area contributed by atoms with E-state index in [0.29, 0.717) is 0 Å². The van der Waals surface area contributed by atoms with Crippen LogP contribution in [0, 0.1) is 12.8 Å². The van der Waals surface area contributed by atoms with Gasteiger partial charge in [0.1, 0.15) is 0 Å². The quantitative estimate of drug-likeness (QED) is 0.749. The summed E-state index contributed by atoms with van der Waals surface area (Å²) < 4.78 is 0. The van der Waals surface area contributed by atoms with Crippen LogP contribution >= 0.6 is 0 Å². The molecule has 2 atom stereocenters. The number of aryl methyl sites for hydroxylation is 1. The third-order valence-electron chi connectivity index (χ3n) is 2.61. The Hall–Kier alpha value is -1.31. The van der Waals surface area contributed by atoms with Gasteiger partial charge in [-0.3, -0.25) is 4.79 Å². The van der Waals surface area contributed by atoms with Gasteiger partial charge in [-0.05, 0) is 24.8 Å². The van der Waals surface area contributed by atoms with Crippen molar-refractivity contribution in [1.82, 2.24) is 0 Å². The van der Waals surface area contributed by atoms with Crippen LogP contribution in [0.2, 0.25) is 0 Å². The van der Waals surface area contributed by atoms with Gasteiger partial charge in [0.25, 0.3) is 0 Å². The van der Waals surface area contributed by atoms with Crippen LogP contribution in [0.3, 0.4) is 0 Å². The maximum absolute atomic E-state index is 10.6. The molecule has 1 aliphatic rings. The van der Waals surface area contributed by atoms with Gasteiger partial charge in [-0.1, -0.05) is 29.8 Å². The number of hydrogen-bond acceptors (Lipinski definition) is 1. The Morgan fingerprint density at radius 1 is 1.38 bits per heavy atom. The van der Waals surface area contributed by atoms with E-state index in [1.807, 2.05) is 31.2 Å². The minimum atomic E-state index is -0.662. The SMILES string of the molecule is Cc1ccc([C@@H]2C[C@H]2C(=O)O)cc1. The molecule has 1 fully saturated rings. The first-order valence-corrected chi connectivity index (χ1v) is 4.48. The zero-order valence-corrected chi connectivity index (χ0v) is 7.53. The molecule has 0 unspecified atom stereocenters. The van der Waals surface area contributed by atoms with Crippen LogP contribution in [0.5, 0.6) is 0 Å². The average molecular weight is 176 g/mol. The van der Waals surface area contributed by atoms with E-state index in [9.17, 15) is 4.79 Å². The molecule has 0 aliphatic heterocycles. The Bertz CT molecular complexity index is 326. The Labute approximate surface area is 77.2 Å². The third-order valence-corrected chi connectivity index (χ3v) is 2.61. The molecule has 0 aromatic heterocycles. The molecule has 1 saturated carbocycles. The van der Waals surface area contributed by atoms with E-state index in [4.69, 9.17) is 5.11 Å². The first-order chi connectivity index (χ1) is 6.18. The molecule has 0 bridgehead atoms. The number of rotatable bonds is 2. The van der Waals surface area contributed by atoms with Crippen LogP contribution in [0.4, 0.5) is 0 Å². The summed E-state index contributed by atoms with van der Waals surface area (Å²) in [5.74, 6) is -0.536. The van der Waals surface area contributed by atoms with Crippen molar-refractivity contribution in [3.63, 3.8) is 0 Å². The molecule has 2 heteroatoms. The molecule has 0 radical (unpaired) electrons. The van der Waals surface area contributed by atoms with Gasteiger partial charge in [-0.25, -0.2) is 0 Å². The molecular formula is C11H12O2. The summed E-state index contributed by atoms with van der Waals surface area (Å²) in [4.78, 5) is 10.6. The Morgan fingerprint density at radius 2 is 2.00 bits per heavy atom. The molecule has 1 aliphatic carbocycles. The fraction of sp³-hybridized carbons (Fsp3) is 0.364. The minimum absolute atomic E-state index is 0.136. The van der Waals surface area contributed by atoms with Crippen LogP contribution in [-0.2, 0) is 4.79 Å². The van der Waals surface area contributed by atoms with Crippen LogP contribution in [0.1, 0.15) is 23.5 Å². The van der Waals surface area contributed by atoms with Crippen molar-refractivity contribution in [3.8, 4) is 0 Å². The molecule has 0 heterocycles. The highest BCUT2D eigenvalue weighted by Crippen LogP contribution is 2.47. The molecule has 0 spiro atoms. The summed E-state index contributed by atoms with van der Waals surface area (Å²) in [6, 6.07) is 8.13. The van der Waals surface area contributed by atoms with Gasteiger partial charge in [0.15, 0.2) is 0 Å². The van der Waals surface area contributed by atoms with E-state index in [2.05, 4.69) is 0 Å². The van der Waals surface area contributed by atoms with Crippen LogP contribution < -0.4 is 0 Å². The molecular weight excluding hydrogens is 164 g/mol. The van der Waals surface area contributed by atoms with Gasteiger partial charge < -0.3 is 5.11 Å². The number of carboxylic acid groups (broad SMARTS) is 1. The molecule has 2 nitrogen and oxygen atoms in total. The lowest BCUT2D eigenvalue weighted by atomic mass is 10.1. The number of carbonyl (C=O) groups is 1. The first-order valence-electron chi connectivity index (χ1n) is 4.48. The van der Waals surface area contributed by atoms with E-state index < -0.39 is 5.97 Å². The van der Waals surface area contributed by atoms with Gasteiger partial charge in [-0.15, -0.1) is 0 Å². The summed E-state index contributed by atoms with van der Waals surface area (Å²) in [7, 11) is 0. The Kier molecular flexibility index (Phi) is 1.83. The molecule has 0 amide bonds. The Morgan fingerprint density at radius 3 is 2.46 bits per heavy atom. The van der Waals surface area contributed by atoms with Crippen molar-refractivity contribution in [3.05, 3.63) is 35.4 Å². The van der Waals surface area contributed by atoms with Crippen molar-refractivity contribution in [1.29, 1.82) is 0 Å². The second-order valence-electron chi connectivity index (χ2n) is 3.70. The van der Waals surface area contributed by atoms with Gasteiger partial charge >= 0.3 is 5.97 Å².